The Morgan fingerprint density at radius 2 is 2.29 bits per heavy atom. The number of fused-ring (bicyclic) bond motifs is 1. The summed E-state index contributed by atoms with van der Waals surface area (Å²) in [5.74, 6) is -0.256. The van der Waals surface area contributed by atoms with E-state index in [0.29, 0.717) is 38.3 Å². The van der Waals surface area contributed by atoms with E-state index in [1.807, 2.05) is 4.90 Å². The van der Waals surface area contributed by atoms with Gasteiger partial charge in [0, 0.05) is 32.1 Å². The number of aromatic nitrogens is 1. The van der Waals surface area contributed by atoms with Gasteiger partial charge in [-0.2, -0.15) is 0 Å². The molecule has 0 saturated carbocycles. The molecule has 1 atom stereocenters. The van der Waals surface area contributed by atoms with Crippen LogP contribution in [0, 0.1) is 5.92 Å². The van der Waals surface area contributed by atoms with Crippen LogP contribution in [-0.4, -0.2) is 48.6 Å². The van der Waals surface area contributed by atoms with Gasteiger partial charge in [-0.05, 0) is 24.0 Å². The van der Waals surface area contributed by atoms with Crippen molar-refractivity contribution in [2.24, 2.45) is 5.92 Å². The summed E-state index contributed by atoms with van der Waals surface area (Å²) in [4.78, 5) is 30.1. The summed E-state index contributed by atoms with van der Waals surface area (Å²) in [6.07, 6.45) is 4.71. The molecule has 0 spiro atoms. The molecule has 2 aliphatic rings. The molecule has 21 heavy (non-hydrogen) atoms. The first-order valence-corrected chi connectivity index (χ1v) is 7.11. The minimum atomic E-state index is -0.372. The third kappa shape index (κ3) is 2.63. The molecule has 1 fully saturated rings. The van der Waals surface area contributed by atoms with Crippen molar-refractivity contribution in [3.05, 3.63) is 29.1 Å². The molecule has 1 unspecified atom stereocenters. The molecule has 1 amide bonds. The molecule has 0 N–H and O–H groups in total. The topological polar surface area (TPSA) is 68.7 Å². The number of ether oxygens (including phenoxy) is 2. The first-order chi connectivity index (χ1) is 10.2. The highest BCUT2D eigenvalue weighted by Crippen LogP contribution is 2.25. The number of nitrogens with zero attached hydrogens (tertiary/aromatic N) is 2. The Morgan fingerprint density at radius 1 is 1.43 bits per heavy atom. The number of hydrogen-bond acceptors (Lipinski definition) is 5. The molecule has 112 valence electrons. The van der Waals surface area contributed by atoms with Crippen molar-refractivity contribution in [3.8, 4) is 0 Å². The zero-order valence-electron chi connectivity index (χ0n) is 12.0. The molecule has 1 saturated heterocycles. The number of pyridine rings is 1. The normalized spacial score (nSPS) is 21.0. The second-order valence-electron chi connectivity index (χ2n) is 5.39. The van der Waals surface area contributed by atoms with Crippen molar-refractivity contribution in [1.29, 1.82) is 0 Å². The first-order valence-electron chi connectivity index (χ1n) is 7.11. The predicted molar refractivity (Wildman–Crippen MR) is 73.6 cm³/mol. The average molecular weight is 290 g/mol. The van der Waals surface area contributed by atoms with E-state index in [1.54, 1.807) is 6.20 Å². The smallest absolute Gasteiger partial charge is 0.339 e. The van der Waals surface area contributed by atoms with E-state index in [9.17, 15) is 9.59 Å². The number of methoxy groups -OCH3 is 1. The summed E-state index contributed by atoms with van der Waals surface area (Å²) in [7, 11) is 1.36. The molecule has 0 aromatic carbocycles. The van der Waals surface area contributed by atoms with E-state index in [0.717, 1.165) is 17.5 Å². The Labute approximate surface area is 123 Å². The predicted octanol–water partition coefficient (Wildman–Crippen LogP) is 0.789. The van der Waals surface area contributed by atoms with E-state index < -0.39 is 0 Å². The summed E-state index contributed by atoms with van der Waals surface area (Å²) in [5.41, 5.74) is 2.38. The Hall–Kier alpha value is -1.95. The Bertz CT molecular complexity index is 567. The average Bonchev–Trinajstić information content (AvgIpc) is 3.06. The van der Waals surface area contributed by atoms with E-state index in [2.05, 4.69) is 4.98 Å². The Balaban J connectivity index is 1.79. The summed E-state index contributed by atoms with van der Waals surface area (Å²) in [6.45, 7) is 2.30. The van der Waals surface area contributed by atoms with Gasteiger partial charge in [0.25, 0.3) is 0 Å². The SMILES string of the molecule is COC(=O)c1cncc2c1CCN(C(=O)C1CCOC1)C2. The molecule has 6 heteroatoms. The number of hydrogen-bond donors (Lipinski definition) is 0. The lowest BCUT2D eigenvalue weighted by Crippen LogP contribution is -2.40. The molecule has 1 aromatic rings. The number of rotatable bonds is 2. The molecule has 0 aliphatic carbocycles. The van der Waals surface area contributed by atoms with Crippen molar-refractivity contribution in [2.45, 2.75) is 19.4 Å². The van der Waals surface area contributed by atoms with E-state index in [4.69, 9.17) is 9.47 Å². The fourth-order valence-corrected chi connectivity index (χ4v) is 2.95. The second-order valence-corrected chi connectivity index (χ2v) is 5.39. The summed E-state index contributed by atoms with van der Waals surface area (Å²) < 4.78 is 10.1. The van der Waals surface area contributed by atoms with Crippen LogP contribution in [0.3, 0.4) is 0 Å². The number of amides is 1. The van der Waals surface area contributed by atoms with Gasteiger partial charge in [0.15, 0.2) is 0 Å². The largest absolute Gasteiger partial charge is 0.465 e. The third-order valence-corrected chi connectivity index (χ3v) is 4.14. The second kappa shape index (κ2) is 5.81. The lowest BCUT2D eigenvalue weighted by atomic mass is 9.96. The van der Waals surface area contributed by atoms with Gasteiger partial charge in [-0.25, -0.2) is 4.79 Å². The molecule has 3 heterocycles. The van der Waals surface area contributed by atoms with Crippen LogP contribution in [0.1, 0.15) is 27.9 Å². The van der Waals surface area contributed by atoms with Crippen molar-refractivity contribution >= 4 is 11.9 Å². The molecule has 6 nitrogen and oxygen atoms in total. The summed E-state index contributed by atoms with van der Waals surface area (Å²) in [6, 6.07) is 0. The van der Waals surface area contributed by atoms with Gasteiger partial charge in [-0.3, -0.25) is 9.78 Å². The molecule has 0 radical (unpaired) electrons. The standard InChI is InChI=1S/C15H18N2O4/c1-20-15(19)13-7-16-6-11-8-17(4-2-12(11)13)14(18)10-3-5-21-9-10/h6-7,10H,2-5,8-9H2,1H3. The molecular weight excluding hydrogens is 272 g/mol. The lowest BCUT2D eigenvalue weighted by molar-refractivity contribution is -0.136. The molecule has 0 bridgehead atoms. The van der Waals surface area contributed by atoms with Gasteiger partial charge >= 0.3 is 5.97 Å². The van der Waals surface area contributed by atoms with Gasteiger partial charge in [-0.1, -0.05) is 0 Å². The van der Waals surface area contributed by atoms with Gasteiger partial charge < -0.3 is 14.4 Å². The van der Waals surface area contributed by atoms with Crippen molar-refractivity contribution < 1.29 is 19.1 Å². The van der Waals surface area contributed by atoms with Crippen LogP contribution in [0.5, 0.6) is 0 Å². The minimum Gasteiger partial charge on any atom is -0.465 e. The van der Waals surface area contributed by atoms with Crippen LogP contribution in [0.2, 0.25) is 0 Å². The zero-order valence-corrected chi connectivity index (χ0v) is 12.0. The number of carbonyl (C=O) groups excluding carboxylic acids is 2. The van der Waals surface area contributed by atoms with Crippen molar-refractivity contribution in [3.63, 3.8) is 0 Å². The van der Waals surface area contributed by atoms with E-state index >= 15 is 0 Å². The van der Waals surface area contributed by atoms with E-state index in [1.165, 1.54) is 13.3 Å². The third-order valence-electron chi connectivity index (χ3n) is 4.14. The van der Waals surface area contributed by atoms with E-state index in [-0.39, 0.29) is 17.8 Å². The van der Waals surface area contributed by atoms with Gasteiger partial charge in [0.2, 0.25) is 5.91 Å². The Kier molecular flexibility index (Phi) is 3.88. The first kappa shape index (κ1) is 14.0. The summed E-state index contributed by atoms with van der Waals surface area (Å²) in [5, 5.41) is 0. The maximum absolute atomic E-state index is 12.4. The number of esters is 1. The fourth-order valence-electron chi connectivity index (χ4n) is 2.95. The lowest BCUT2D eigenvalue weighted by Gasteiger charge is -2.31. The van der Waals surface area contributed by atoms with Crippen LogP contribution < -0.4 is 0 Å². The maximum atomic E-state index is 12.4. The number of carbonyl (C=O) groups is 2. The fraction of sp³-hybridized carbons (Fsp3) is 0.533. The van der Waals surface area contributed by atoms with Gasteiger partial charge in [0.05, 0.1) is 25.2 Å². The van der Waals surface area contributed by atoms with Crippen molar-refractivity contribution in [1.82, 2.24) is 9.88 Å². The van der Waals surface area contributed by atoms with Gasteiger partial charge in [-0.15, -0.1) is 0 Å². The molecule has 2 aliphatic heterocycles. The highest BCUT2D eigenvalue weighted by molar-refractivity contribution is 5.91. The summed E-state index contributed by atoms with van der Waals surface area (Å²) >= 11 is 0. The quantitative estimate of drug-likeness (QED) is 0.753. The highest BCUT2D eigenvalue weighted by atomic mass is 16.5. The zero-order chi connectivity index (χ0) is 14.8. The molecule has 1 aromatic heterocycles. The van der Waals surface area contributed by atoms with Gasteiger partial charge in [0.1, 0.15) is 0 Å². The maximum Gasteiger partial charge on any atom is 0.339 e. The van der Waals surface area contributed by atoms with Crippen LogP contribution in [0.25, 0.3) is 0 Å². The molecular formula is C15H18N2O4. The van der Waals surface area contributed by atoms with Crippen LogP contribution in [-0.2, 0) is 27.2 Å². The Morgan fingerprint density at radius 3 is 3.00 bits per heavy atom. The van der Waals surface area contributed by atoms with Crippen LogP contribution >= 0.6 is 0 Å². The van der Waals surface area contributed by atoms with Crippen molar-refractivity contribution in [2.75, 3.05) is 26.9 Å². The van der Waals surface area contributed by atoms with Crippen LogP contribution in [0.4, 0.5) is 0 Å². The monoisotopic (exact) mass is 290 g/mol. The molecule has 3 rings (SSSR count). The van der Waals surface area contributed by atoms with Crippen LogP contribution in [0.15, 0.2) is 12.4 Å². The highest BCUT2D eigenvalue weighted by Gasteiger charge is 2.31. The minimum absolute atomic E-state index is 0.0247.